The lowest BCUT2D eigenvalue weighted by Gasteiger charge is -2.17. The van der Waals surface area contributed by atoms with E-state index in [-0.39, 0.29) is 6.10 Å². The number of epoxide rings is 2. The van der Waals surface area contributed by atoms with Crippen LogP contribution in [0.25, 0.3) is 11.1 Å². The Morgan fingerprint density at radius 2 is 1.29 bits per heavy atom. The molecule has 2 saturated heterocycles. The lowest BCUT2D eigenvalue weighted by Crippen LogP contribution is -2.14. The molecule has 0 aromatic heterocycles. The molecule has 0 spiro atoms. The Kier molecular flexibility index (Phi) is 6.00. The summed E-state index contributed by atoms with van der Waals surface area (Å²) in [7, 11) is 0. The fourth-order valence-electron chi connectivity index (χ4n) is 3.29. The van der Waals surface area contributed by atoms with Gasteiger partial charge >= 0.3 is 0 Å². The van der Waals surface area contributed by atoms with E-state index < -0.39 is 0 Å². The van der Waals surface area contributed by atoms with E-state index in [0.29, 0.717) is 30.7 Å². The molecule has 2 aliphatic rings. The van der Waals surface area contributed by atoms with E-state index in [2.05, 4.69) is 57.2 Å². The Morgan fingerprint density at radius 3 is 1.82 bits per heavy atom. The molecular formula is C24H30O4. The molecule has 2 aliphatic heterocycles. The molecule has 0 saturated carbocycles. The smallest absolute Gasteiger partial charge is 0.119 e. The van der Waals surface area contributed by atoms with Gasteiger partial charge in [-0.2, -0.15) is 0 Å². The minimum absolute atomic E-state index is 0.0865. The second-order valence-corrected chi connectivity index (χ2v) is 8.13. The molecule has 0 amide bonds. The van der Waals surface area contributed by atoms with Crippen LogP contribution in [0, 0.1) is 11.8 Å². The Balaban J connectivity index is 1.29. The van der Waals surface area contributed by atoms with Crippen LogP contribution in [0.1, 0.15) is 32.4 Å². The summed E-state index contributed by atoms with van der Waals surface area (Å²) in [5.41, 5.74) is 3.58. The predicted octanol–water partition coefficient (Wildman–Crippen LogP) is 4.88. The molecule has 2 aromatic rings. The summed E-state index contributed by atoms with van der Waals surface area (Å²) in [4.78, 5) is 0. The van der Waals surface area contributed by atoms with Crippen LogP contribution in [0.5, 0.6) is 5.75 Å². The zero-order valence-corrected chi connectivity index (χ0v) is 17.0. The van der Waals surface area contributed by atoms with Gasteiger partial charge in [-0.15, -0.1) is 0 Å². The van der Waals surface area contributed by atoms with E-state index >= 15 is 0 Å². The van der Waals surface area contributed by atoms with Crippen molar-refractivity contribution in [2.24, 2.45) is 11.8 Å². The number of rotatable bonds is 10. The van der Waals surface area contributed by atoms with Crippen LogP contribution in [0.3, 0.4) is 0 Å². The van der Waals surface area contributed by atoms with Gasteiger partial charge in [-0.3, -0.25) is 0 Å². The van der Waals surface area contributed by atoms with E-state index in [1.54, 1.807) is 0 Å². The molecule has 2 aromatic carbocycles. The van der Waals surface area contributed by atoms with Gasteiger partial charge in [0.25, 0.3) is 0 Å². The maximum absolute atomic E-state index is 6.01. The molecule has 0 bridgehead atoms. The van der Waals surface area contributed by atoms with Crippen LogP contribution in [-0.4, -0.2) is 38.6 Å². The van der Waals surface area contributed by atoms with Crippen molar-refractivity contribution in [3.8, 4) is 16.9 Å². The third-order valence-electron chi connectivity index (χ3n) is 5.68. The Morgan fingerprint density at radius 1 is 0.786 bits per heavy atom. The van der Waals surface area contributed by atoms with Gasteiger partial charge in [0.05, 0.1) is 44.7 Å². The zero-order valence-electron chi connectivity index (χ0n) is 17.0. The highest BCUT2D eigenvalue weighted by molar-refractivity contribution is 5.64. The maximum atomic E-state index is 6.01. The first kappa shape index (κ1) is 19.4. The molecule has 2 heterocycles. The SMILES string of the molecule is CC(OCC(C)C1CO1)c1ccc(-c2ccc(OCC(C)C3CO3)cc2)cc1. The first-order chi connectivity index (χ1) is 13.6. The van der Waals surface area contributed by atoms with Crippen LogP contribution < -0.4 is 4.74 Å². The standard InChI is InChI=1S/C24H30O4/c1-16(23-14-27-23)12-25-18(3)19-4-6-20(7-5-19)21-8-10-22(11-9-21)26-13-17(2)24-15-28-24/h4-11,16-18,23-24H,12-15H2,1-3H3. The Labute approximate surface area is 167 Å². The lowest BCUT2D eigenvalue weighted by molar-refractivity contribution is 0.0368. The molecule has 0 N–H and O–H groups in total. The van der Waals surface area contributed by atoms with Crippen molar-refractivity contribution >= 4 is 0 Å². The lowest BCUT2D eigenvalue weighted by atomic mass is 10.0. The summed E-state index contributed by atoms with van der Waals surface area (Å²) in [6.07, 6.45) is 0.865. The largest absolute Gasteiger partial charge is 0.493 e. The average molecular weight is 383 g/mol. The van der Waals surface area contributed by atoms with Crippen molar-refractivity contribution in [1.82, 2.24) is 0 Å². The van der Waals surface area contributed by atoms with Gasteiger partial charge < -0.3 is 18.9 Å². The summed E-state index contributed by atoms with van der Waals surface area (Å²) in [6, 6.07) is 16.9. The van der Waals surface area contributed by atoms with E-state index in [9.17, 15) is 0 Å². The topological polar surface area (TPSA) is 43.5 Å². The van der Waals surface area contributed by atoms with Gasteiger partial charge in [0.2, 0.25) is 0 Å². The third-order valence-corrected chi connectivity index (χ3v) is 5.68. The normalized spacial score (nSPS) is 23.7. The molecule has 5 atom stereocenters. The molecular weight excluding hydrogens is 352 g/mol. The second-order valence-electron chi connectivity index (χ2n) is 8.13. The van der Waals surface area contributed by atoms with Gasteiger partial charge in [-0.05, 0) is 35.7 Å². The summed E-state index contributed by atoms with van der Waals surface area (Å²) in [6.45, 7) is 9.64. The monoisotopic (exact) mass is 382 g/mol. The number of hydrogen-bond donors (Lipinski definition) is 0. The quantitative estimate of drug-likeness (QED) is 0.549. The van der Waals surface area contributed by atoms with Crippen LogP contribution in [0.2, 0.25) is 0 Å². The molecule has 150 valence electrons. The Hall–Kier alpha value is -1.88. The first-order valence-electron chi connectivity index (χ1n) is 10.3. The molecule has 2 fully saturated rings. The number of ether oxygens (including phenoxy) is 4. The van der Waals surface area contributed by atoms with Crippen molar-refractivity contribution < 1.29 is 18.9 Å². The zero-order chi connectivity index (χ0) is 19.5. The summed E-state index contributed by atoms with van der Waals surface area (Å²) < 4.78 is 22.5. The minimum Gasteiger partial charge on any atom is -0.493 e. The fraction of sp³-hybridized carbons (Fsp3) is 0.500. The van der Waals surface area contributed by atoms with Gasteiger partial charge in [-0.1, -0.05) is 50.2 Å². The summed E-state index contributed by atoms with van der Waals surface area (Å²) >= 11 is 0. The molecule has 5 unspecified atom stereocenters. The van der Waals surface area contributed by atoms with E-state index in [0.717, 1.165) is 25.6 Å². The fourth-order valence-corrected chi connectivity index (χ4v) is 3.29. The first-order valence-corrected chi connectivity index (χ1v) is 10.3. The highest BCUT2D eigenvalue weighted by atomic mass is 16.6. The van der Waals surface area contributed by atoms with Crippen molar-refractivity contribution in [3.05, 3.63) is 54.1 Å². The van der Waals surface area contributed by atoms with E-state index in [1.807, 2.05) is 12.1 Å². The molecule has 0 aliphatic carbocycles. The number of hydrogen-bond acceptors (Lipinski definition) is 4. The van der Waals surface area contributed by atoms with Crippen molar-refractivity contribution in [3.63, 3.8) is 0 Å². The average Bonchev–Trinajstić information content (AvgIpc) is 3.62. The second kappa shape index (κ2) is 8.64. The predicted molar refractivity (Wildman–Crippen MR) is 110 cm³/mol. The molecule has 0 radical (unpaired) electrons. The Bertz CT molecular complexity index is 747. The van der Waals surface area contributed by atoms with Crippen molar-refractivity contribution in [2.75, 3.05) is 26.4 Å². The van der Waals surface area contributed by atoms with E-state index in [4.69, 9.17) is 18.9 Å². The van der Waals surface area contributed by atoms with Gasteiger partial charge in [-0.25, -0.2) is 0 Å². The van der Waals surface area contributed by atoms with Crippen LogP contribution in [0.15, 0.2) is 48.5 Å². The van der Waals surface area contributed by atoms with Gasteiger partial charge in [0.1, 0.15) is 5.75 Å². The molecule has 4 nitrogen and oxygen atoms in total. The molecule has 4 rings (SSSR count). The molecule has 4 heteroatoms. The van der Waals surface area contributed by atoms with Crippen molar-refractivity contribution in [1.29, 1.82) is 0 Å². The van der Waals surface area contributed by atoms with Gasteiger partial charge in [0.15, 0.2) is 0 Å². The van der Waals surface area contributed by atoms with Crippen LogP contribution in [-0.2, 0) is 14.2 Å². The highest BCUT2D eigenvalue weighted by Gasteiger charge is 2.30. The highest BCUT2D eigenvalue weighted by Crippen LogP contribution is 2.27. The van der Waals surface area contributed by atoms with Crippen molar-refractivity contribution in [2.45, 2.75) is 39.1 Å². The minimum atomic E-state index is 0.0865. The summed E-state index contributed by atoms with van der Waals surface area (Å²) in [5, 5.41) is 0. The van der Waals surface area contributed by atoms with Gasteiger partial charge in [0, 0.05) is 11.8 Å². The van der Waals surface area contributed by atoms with E-state index in [1.165, 1.54) is 16.7 Å². The van der Waals surface area contributed by atoms with Crippen LogP contribution >= 0.6 is 0 Å². The third kappa shape index (κ3) is 5.13. The summed E-state index contributed by atoms with van der Waals surface area (Å²) in [5.74, 6) is 1.81. The van der Waals surface area contributed by atoms with Crippen LogP contribution in [0.4, 0.5) is 0 Å². The molecule has 28 heavy (non-hydrogen) atoms. The maximum Gasteiger partial charge on any atom is 0.119 e. The number of benzene rings is 2.